The van der Waals surface area contributed by atoms with E-state index in [1.54, 1.807) is 17.3 Å². The Morgan fingerprint density at radius 1 is 0.969 bits per heavy atom. The van der Waals surface area contributed by atoms with E-state index in [2.05, 4.69) is 15.6 Å². The lowest BCUT2D eigenvalue weighted by molar-refractivity contribution is -0.119. The molecule has 0 fully saturated rings. The summed E-state index contributed by atoms with van der Waals surface area (Å²) in [5, 5.41) is 7.55. The number of rotatable bonds is 7. The van der Waals surface area contributed by atoms with Crippen molar-refractivity contribution < 1.29 is 18.4 Å². The van der Waals surface area contributed by atoms with E-state index in [9.17, 15) is 18.4 Å². The largest absolute Gasteiger partial charge is 0.324 e. The highest BCUT2D eigenvalue weighted by Crippen LogP contribution is 2.26. The van der Waals surface area contributed by atoms with Gasteiger partial charge in [-0.05, 0) is 57.1 Å². The van der Waals surface area contributed by atoms with Crippen LogP contribution in [0.25, 0.3) is 11.3 Å². The van der Waals surface area contributed by atoms with Crippen molar-refractivity contribution in [2.75, 3.05) is 30.8 Å². The summed E-state index contributed by atoms with van der Waals surface area (Å²) >= 11 is 1.17. The van der Waals surface area contributed by atoms with E-state index in [1.165, 1.54) is 17.4 Å². The summed E-state index contributed by atoms with van der Waals surface area (Å²) in [5.74, 6) is -2.45. The van der Waals surface area contributed by atoms with E-state index in [4.69, 9.17) is 0 Å². The number of aromatic nitrogens is 1. The first-order valence-corrected chi connectivity index (χ1v) is 10.8. The van der Waals surface area contributed by atoms with Gasteiger partial charge in [0, 0.05) is 16.6 Å². The topological polar surface area (TPSA) is 74.3 Å². The molecular formula is C23H24F2N4O2S. The standard InChI is InChI=1S/C23H24F2N4O2S/c1-13-7-14(2)22(15(3)8-13)27-20(30)10-29(4)11-21(31)28-23-26-19(12-32-23)16-5-6-17(24)18(25)9-16/h5-9,12H,10-11H2,1-4H3,(H,27,30)(H,26,28,31). The molecule has 6 nitrogen and oxygen atoms in total. The number of anilines is 2. The van der Waals surface area contributed by atoms with Crippen LogP contribution in [-0.2, 0) is 9.59 Å². The van der Waals surface area contributed by atoms with Gasteiger partial charge in [-0.3, -0.25) is 14.5 Å². The van der Waals surface area contributed by atoms with Gasteiger partial charge in [0.05, 0.1) is 18.8 Å². The van der Waals surface area contributed by atoms with Crippen molar-refractivity contribution in [2.45, 2.75) is 20.8 Å². The molecule has 0 radical (unpaired) electrons. The predicted octanol–water partition coefficient (Wildman–Crippen LogP) is 4.52. The molecule has 0 aliphatic carbocycles. The summed E-state index contributed by atoms with van der Waals surface area (Å²) in [6.07, 6.45) is 0. The second-order valence-electron chi connectivity index (χ2n) is 7.71. The fraction of sp³-hybridized carbons (Fsp3) is 0.261. The lowest BCUT2D eigenvalue weighted by Gasteiger charge is -2.17. The molecule has 2 aromatic carbocycles. The van der Waals surface area contributed by atoms with Crippen LogP contribution in [0.15, 0.2) is 35.7 Å². The molecule has 3 rings (SSSR count). The summed E-state index contributed by atoms with van der Waals surface area (Å²) in [6.45, 7) is 5.91. The van der Waals surface area contributed by atoms with Crippen molar-refractivity contribution in [1.29, 1.82) is 0 Å². The molecule has 2 N–H and O–H groups in total. The third-order valence-corrected chi connectivity index (χ3v) is 5.49. The monoisotopic (exact) mass is 458 g/mol. The van der Waals surface area contributed by atoms with Crippen LogP contribution in [0.5, 0.6) is 0 Å². The first kappa shape index (κ1) is 23.5. The van der Waals surface area contributed by atoms with E-state index in [1.807, 2.05) is 32.9 Å². The number of amides is 2. The highest BCUT2D eigenvalue weighted by molar-refractivity contribution is 7.14. The second-order valence-corrected chi connectivity index (χ2v) is 8.57. The van der Waals surface area contributed by atoms with Crippen molar-refractivity contribution in [3.05, 3.63) is 64.0 Å². The van der Waals surface area contributed by atoms with Gasteiger partial charge >= 0.3 is 0 Å². The quantitative estimate of drug-likeness (QED) is 0.546. The van der Waals surface area contributed by atoms with Gasteiger partial charge in [0.15, 0.2) is 16.8 Å². The van der Waals surface area contributed by atoms with Gasteiger partial charge < -0.3 is 10.6 Å². The summed E-state index contributed by atoms with van der Waals surface area (Å²) in [4.78, 5) is 30.6. The van der Waals surface area contributed by atoms with E-state index in [-0.39, 0.29) is 24.9 Å². The number of benzene rings is 2. The molecule has 0 atom stereocenters. The molecule has 3 aromatic rings. The fourth-order valence-electron chi connectivity index (χ4n) is 3.38. The number of hydrogen-bond acceptors (Lipinski definition) is 5. The molecule has 0 aliphatic rings. The molecule has 0 spiro atoms. The van der Waals surface area contributed by atoms with E-state index in [0.29, 0.717) is 16.4 Å². The summed E-state index contributed by atoms with van der Waals surface area (Å²) < 4.78 is 26.5. The summed E-state index contributed by atoms with van der Waals surface area (Å²) in [6, 6.07) is 7.51. The molecular weight excluding hydrogens is 434 g/mol. The molecule has 32 heavy (non-hydrogen) atoms. The molecule has 0 bridgehead atoms. The third kappa shape index (κ3) is 5.95. The highest BCUT2D eigenvalue weighted by Gasteiger charge is 2.15. The average Bonchev–Trinajstić information content (AvgIpc) is 3.14. The van der Waals surface area contributed by atoms with Crippen LogP contribution < -0.4 is 10.6 Å². The second kappa shape index (κ2) is 9.97. The zero-order valence-corrected chi connectivity index (χ0v) is 19.1. The minimum atomic E-state index is -0.961. The lowest BCUT2D eigenvalue weighted by Crippen LogP contribution is -2.36. The lowest BCUT2D eigenvalue weighted by atomic mass is 10.1. The molecule has 1 heterocycles. The maximum atomic E-state index is 13.4. The van der Waals surface area contributed by atoms with Crippen molar-refractivity contribution in [3.8, 4) is 11.3 Å². The van der Waals surface area contributed by atoms with E-state index in [0.717, 1.165) is 34.5 Å². The van der Waals surface area contributed by atoms with Gasteiger partial charge in [0.2, 0.25) is 11.8 Å². The average molecular weight is 459 g/mol. The molecule has 0 aliphatic heterocycles. The molecule has 0 saturated carbocycles. The first-order chi connectivity index (χ1) is 15.1. The molecule has 168 valence electrons. The van der Waals surface area contributed by atoms with Crippen molar-refractivity contribution >= 4 is 34.0 Å². The smallest absolute Gasteiger partial charge is 0.240 e. The molecule has 2 amide bonds. The van der Waals surface area contributed by atoms with Gasteiger partial charge in [0.1, 0.15) is 0 Å². The van der Waals surface area contributed by atoms with Crippen LogP contribution >= 0.6 is 11.3 Å². The Bertz CT molecular complexity index is 1140. The number of halogens is 2. The number of hydrogen-bond donors (Lipinski definition) is 2. The zero-order valence-electron chi connectivity index (χ0n) is 18.3. The van der Waals surface area contributed by atoms with Crippen molar-refractivity contribution in [1.82, 2.24) is 9.88 Å². The summed E-state index contributed by atoms with van der Waals surface area (Å²) in [7, 11) is 1.67. The Labute approximate surface area is 189 Å². The fourth-order valence-corrected chi connectivity index (χ4v) is 4.12. The Morgan fingerprint density at radius 2 is 1.59 bits per heavy atom. The molecule has 1 aromatic heterocycles. The summed E-state index contributed by atoms with van der Waals surface area (Å²) in [5.41, 5.74) is 4.72. The molecule has 0 unspecified atom stereocenters. The maximum Gasteiger partial charge on any atom is 0.240 e. The first-order valence-electron chi connectivity index (χ1n) is 9.89. The normalized spacial score (nSPS) is 11.0. The minimum Gasteiger partial charge on any atom is -0.324 e. The van der Waals surface area contributed by atoms with Gasteiger partial charge in [-0.2, -0.15) is 0 Å². The SMILES string of the molecule is Cc1cc(C)c(NC(=O)CN(C)CC(=O)Nc2nc(-c3ccc(F)c(F)c3)cs2)c(C)c1. The number of likely N-dealkylation sites (N-methyl/N-ethyl adjacent to an activating group) is 1. The van der Waals surface area contributed by atoms with Gasteiger partial charge in [-0.1, -0.05) is 17.7 Å². The van der Waals surface area contributed by atoms with E-state index >= 15 is 0 Å². The number of carbonyl (C=O) groups excluding carboxylic acids is 2. The number of thiazole rings is 1. The van der Waals surface area contributed by atoms with E-state index < -0.39 is 11.6 Å². The Balaban J connectivity index is 1.53. The van der Waals surface area contributed by atoms with Gasteiger partial charge in [0.25, 0.3) is 0 Å². The number of aryl methyl sites for hydroxylation is 3. The van der Waals surface area contributed by atoms with Crippen LogP contribution in [0.3, 0.4) is 0 Å². The zero-order chi connectivity index (χ0) is 23.4. The van der Waals surface area contributed by atoms with Gasteiger partial charge in [-0.15, -0.1) is 11.3 Å². The van der Waals surface area contributed by atoms with Crippen molar-refractivity contribution in [2.24, 2.45) is 0 Å². The third-order valence-electron chi connectivity index (χ3n) is 4.73. The van der Waals surface area contributed by atoms with Crippen LogP contribution in [0.2, 0.25) is 0 Å². The number of nitrogens with zero attached hydrogens (tertiary/aromatic N) is 2. The predicted molar refractivity (Wildman–Crippen MR) is 123 cm³/mol. The van der Waals surface area contributed by atoms with Crippen LogP contribution in [0, 0.1) is 32.4 Å². The number of carbonyl (C=O) groups is 2. The Morgan fingerprint density at radius 3 is 2.22 bits per heavy atom. The van der Waals surface area contributed by atoms with Crippen molar-refractivity contribution in [3.63, 3.8) is 0 Å². The maximum absolute atomic E-state index is 13.4. The molecule has 0 saturated heterocycles. The highest BCUT2D eigenvalue weighted by atomic mass is 32.1. The minimum absolute atomic E-state index is 0.0145. The Kier molecular flexibility index (Phi) is 7.32. The molecule has 9 heteroatoms. The number of nitrogens with one attached hydrogen (secondary N) is 2. The van der Waals surface area contributed by atoms with Crippen LogP contribution in [0.4, 0.5) is 19.6 Å². The van der Waals surface area contributed by atoms with Gasteiger partial charge in [-0.25, -0.2) is 13.8 Å². The Hall–Kier alpha value is -3.17. The van der Waals surface area contributed by atoms with Crippen LogP contribution in [-0.4, -0.2) is 41.8 Å². The van der Waals surface area contributed by atoms with Crippen LogP contribution in [0.1, 0.15) is 16.7 Å².